The maximum absolute atomic E-state index is 13.0. The molecule has 2 atom stereocenters. The van der Waals surface area contributed by atoms with Crippen molar-refractivity contribution >= 4 is 33.2 Å². The number of nitrogens with one attached hydrogen (secondary N) is 1. The Kier molecular flexibility index (Phi) is 7.93. The molecule has 0 aliphatic heterocycles. The average Bonchev–Trinajstić information content (AvgIpc) is 2.65. The van der Waals surface area contributed by atoms with Crippen LogP contribution in [0.25, 0.3) is 0 Å². The van der Waals surface area contributed by atoms with Crippen LogP contribution in [-0.2, 0) is 14.8 Å². The highest BCUT2D eigenvalue weighted by Gasteiger charge is 2.32. The van der Waals surface area contributed by atoms with Gasteiger partial charge in [0.2, 0.25) is 15.9 Å². The number of carbonyl (C=O) groups is 1. The summed E-state index contributed by atoms with van der Waals surface area (Å²) in [5.41, 5.74) is 1.25. The summed E-state index contributed by atoms with van der Waals surface area (Å²) < 4.78 is 31.5. The molecule has 0 unspecified atom stereocenters. The molecule has 0 spiro atoms. The number of hydrogen-bond acceptors (Lipinski definition) is 4. The van der Waals surface area contributed by atoms with E-state index < -0.39 is 16.1 Å². The van der Waals surface area contributed by atoms with Gasteiger partial charge in [0, 0.05) is 5.02 Å². The third-order valence-electron chi connectivity index (χ3n) is 4.44. The highest BCUT2D eigenvalue weighted by Crippen LogP contribution is 2.26. The summed E-state index contributed by atoms with van der Waals surface area (Å²) in [4.78, 5) is 13.0. The molecule has 0 aliphatic rings. The van der Waals surface area contributed by atoms with E-state index in [1.54, 1.807) is 25.1 Å². The molecule has 8 heteroatoms. The number of hydrogen-bond donors (Lipinski definition) is 1. The molecule has 0 radical (unpaired) electrons. The van der Waals surface area contributed by atoms with Crippen LogP contribution in [0.15, 0.2) is 48.5 Å². The first-order valence-electron chi connectivity index (χ1n) is 9.45. The van der Waals surface area contributed by atoms with Gasteiger partial charge in [-0.15, -0.1) is 0 Å². The molecule has 2 aromatic rings. The highest BCUT2D eigenvalue weighted by molar-refractivity contribution is 7.92. The maximum Gasteiger partial charge on any atom is 0.244 e. The van der Waals surface area contributed by atoms with Crippen molar-refractivity contribution in [2.24, 2.45) is 0 Å². The van der Waals surface area contributed by atoms with E-state index in [0.29, 0.717) is 23.7 Å². The fraction of sp³-hybridized carbons (Fsp3) is 0.381. The fourth-order valence-electron chi connectivity index (χ4n) is 3.09. The number of rotatable bonds is 9. The second-order valence-electron chi connectivity index (χ2n) is 6.70. The van der Waals surface area contributed by atoms with Crippen LogP contribution in [0.1, 0.15) is 38.8 Å². The van der Waals surface area contributed by atoms with E-state index in [0.717, 1.165) is 21.9 Å². The van der Waals surface area contributed by atoms with Crippen molar-refractivity contribution in [2.75, 3.05) is 17.2 Å². The number of sulfonamides is 1. The van der Waals surface area contributed by atoms with E-state index in [1.807, 2.05) is 38.1 Å². The second kappa shape index (κ2) is 9.98. The molecular weight excluding hydrogens is 412 g/mol. The molecule has 0 fully saturated rings. The number of anilines is 1. The Morgan fingerprint density at radius 1 is 1.17 bits per heavy atom. The number of benzene rings is 2. The van der Waals surface area contributed by atoms with Gasteiger partial charge in [-0.25, -0.2) is 8.42 Å². The molecule has 0 aliphatic carbocycles. The van der Waals surface area contributed by atoms with Gasteiger partial charge in [0.25, 0.3) is 0 Å². The molecule has 1 amide bonds. The normalized spacial score (nSPS) is 13.4. The Morgan fingerprint density at radius 2 is 1.83 bits per heavy atom. The number of halogens is 1. The summed E-state index contributed by atoms with van der Waals surface area (Å²) >= 11 is 6.03. The molecule has 0 saturated carbocycles. The minimum Gasteiger partial charge on any atom is -0.494 e. The van der Waals surface area contributed by atoms with E-state index >= 15 is 0 Å². The second-order valence-corrected chi connectivity index (χ2v) is 8.99. The lowest BCUT2D eigenvalue weighted by Crippen LogP contribution is -2.49. The lowest BCUT2D eigenvalue weighted by molar-refractivity contribution is -0.122. The molecular formula is C21H27ClN2O4S. The molecule has 2 rings (SSSR count). The molecule has 0 heterocycles. The van der Waals surface area contributed by atoms with E-state index in [2.05, 4.69) is 5.32 Å². The molecule has 0 bridgehead atoms. The van der Waals surface area contributed by atoms with Crippen LogP contribution in [0.5, 0.6) is 5.75 Å². The fourth-order valence-corrected chi connectivity index (χ4v) is 4.47. The van der Waals surface area contributed by atoms with Gasteiger partial charge in [-0.1, -0.05) is 36.7 Å². The smallest absolute Gasteiger partial charge is 0.244 e. The van der Waals surface area contributed by atoms with Gasteiger partial charge in [-0.2, -0.15) is 0 Å². The van der Waals surface area contributed by atoms with Crippen molar-refractivity contribution in [3.63, 3.8) is 0 Å². The van der Waals surface area contributed by atoms with Crippen LogP contribution >= 0.6 is 11.6 Å². The Balaban J connectivity index is 2.24. The van der Waals surface area contributed by atoms with Crippen LogP contribution in [-0.4, -0.2) is 33.2 Å². The van der Waals surface area contributed by atoms with Gasteiger partial charge >= 0.3 is 0 Å². The zero-order chi connectivity index (χ0) is 21.6. The lowest BCUT2D eigenvalue weighted by atomic mass is 10.1. The zero-order valence-corrected chi connectivity index (χ0v) is 18.6. The van der Waals surface area contributed by atoms with Crippen molar-refractivity contribution in [3.8, 4) is 5.75 Å². The number of carbonyl (C=O) groups excluding carboxylic acids is 1. The standard InChI is InChI=1S/C21H27ClN2O4S/c1-5-20(24(29(4,26)27)18-9-7-8-17(22)14-18)21(25)23-15(3)16-10-12-19(13-11-16)28-6-2/h7-15,20H,5-6H2,1-4H3,(H,23,25)/t15-,20-/m0/s1. The van der Waals surface area contributed by atoms with Gasteiger partial charge in [0.1, 0.15) is 11.8 Å². The summed E-state index contributed by atoms with van der Waals surface area (Å²) in [6, 6.07) is 12.7. The summed E-state index contributed by atoms with van der Waals surface area (Å²) in [5.74, 6) is 0.379. The Hall–Kier alpha value is -2.25. The van der Waals surface area contributed by atoms with Crippen LogP contribution in [0, 0.1) is 0 Å². The van der Waals surface area contributed by atoms with Gasteiger partial charge in [-0.3, -0.25) is 9.10 Å². The molecule has 29 heavy (non-hydrogen) atoms. The molecule has 0 aromatic heterocycles. The first-order chi connectivity index (χ1) is 13.7. The summed E-state index contributed by atoms with van der Waals surface area (Å²) in [5, 5.41) is 3.31. The third kappa shape index (κ3) is 6.11. The third-order valence-corrected chi connectivity index (χ3v) is 5.86. The number of amides is 1. The van der Waals surface area contributed by atoms with Gasteiger partial charge in [0.05, 0.1) is 24.6 Å². The topological polar surface area (TPSA) is 75.7 Å². The highest BCUT2D eigenvalue weighted by atomic mass is 35.5. The quantitative estimate of drug-likeness (QED) is 0.637. The van der Waals surface area contributed by atoms with Crippen LogP contribution in [0.3, 0.4) is 0 Å². The number of ether oxygens (including phenoxy) is 1. The predicted octanol–water partition coefficient (Wildman–Crippen LogP) is 4.16. The Labute approximate surface area is 177 Å². The molecule has 1 N–H and O–H groups in total. The van der Waals surface area contributed by atoms with Crippen molar-refractivity contribution < 1.29 is 17.9 Å². The van der Waals surface area contributed by atoms with Gasteiger partial charge < -0.3 is 10.1 Å². The molecule has 6 nitrogen and oxygen atoms in total. The largest absolute Gasteiger partial charge is 0.494 e. The van der Waals surface area contributed by atoms with Crippen molar-refractivity contribution in [2.45, 2.75) is 39.3 Å². The van der Waals surface area contributed by atoms with Gasteiger partial charge in [0.15, 0.2) is 0 Å². The summed E-state index contributed by atoms with van der Waals surface area (Å²) in [6.07, 6.45) is 1.39. The van der Waals surface area contributed by atoms with E-state index in [9.17, 15) is 13.2 Å². The summed E-state index contributed by atoms with van der Waals surface area (Å²) in [7, 11) is -3.71. The molecule has 0 saturated heterocycles. The van der Waals surface area contributed by atoms with E-state index in [1.165, 1.54) is 6.07 Å². The van der Waals surface area contributed by atoms with Gasteiger partial charge in [-0.05, 0) is 56.2 Å². The van der Waals surface area contributed by atoms with Crippen LogP contribution < -0.4 is 14.4 Å². The molecule has 2 aromatic carbocycles. The van der Waals surface area contributed by atoms with E-state index in [4.69, 9.17) is 16.3 Å². The zero-order valence-electron chi connectivity index (χ0n) is 17.1. The maximum atomic E-state index is 13.0. The Bertz CT molecular complexity index is 932. The predicted molar refractivity (Wildman–Crippen MR) is 117 cm³/mol. The SMILES string of the molecule is CCOc1ccc([C@H](C)NC(=O)[C@H](CC)N(c2cccc(Cl)c2)S(C)(=O)=O)cc1. The molecule has 158 valence electrons. The first-order valence-corrected chi connectivity index (χ1v) is 11.7. The number of nitrogens with zero attached hydrogens (tertiary/aromatic N) is 1. The summed E-state index contributed by atoms with van der Waals surface area (Å²) in [6.45, 7) is 6.11. The van der Waals surface area contributed by atoms with Crippen molar-refractivity contribution in [1.29, 1.82) is 0 Å². The first kappa shape index (κ1) is 23.0. The lowest BCUT2D eigenvalue weighted by Gasteiger charge is -2.31. The minimum atomic E-state index is -3.71. The van der Waals surface area contributed by atoms with Crippen LogP contribution in [0.2, 0.25) is 5.02 Å². The van der Waals surface area contributed by atoms with E-state index in [-0.39, 0.29) is 11.9 Å². The Morgan fingerprint density at radius 3 is 2.34 bits per heavy atom. The van der Waals surface area contributed by atoms with Crippen molar-refractivity contribution in [3.05, 3.63) is 59.1 Å². The average molecular weight is 439 g/mol. The van der Waals surface area contributed by atoms with Crippen LogP contribution in [0.4, 0.5) is 5.69 Å². The minimum absolute atomic E-state index is 0.298. The monoisotopic (exact) mass is 438 g/mol. The van der Waals surface area contributed by atoms with Crippen molar-refractivity contribution in [1.82, 2.24) is 5.32 Å².